The smallest absolute Gasteiger partial charge is 0.427 e. The second-order valence-corrected chi connectivity index (χ2v) is 10.6. The van der Waals surface area contributed by atoms with Crippen molar-refractivity contribution in [2.75, 3.05) is 18.4 Å². The van der Waals surface area contributed by atoms with Gasteiger partial charge in [0.25, 0.3) is 0 Å². The van der Waals surface area contributed by atoms with Crippen LogP contribution in [0, 0.1) is 12.3 Å². The van der Waals surface area contributed by atoms with Crippen molar-refractivity contribution in [1.82, 2.24) is 25.7 Å². The molecule has 8 N–H and O–H groups in total. The second kappa shape index (κ2) is 13.3. The van der Waals surface area contributed by atoms with E-state index in [4.69, 9.17) is 21.0 Å². The van der Waals surface area contributed by atoms with Crippen LogP contribution in [0.5, 0.6) is 5.75 Å². The number of imidazole rings is 1. The van der Waals surface area contributed by atoms with E-state index in [1.54, 1.807) is 23.2 Å². The lowest BCUT2D eigenvalue weighted by atomic mass is 10.0. The Morgan fingerprint density at radius 3 is 2.52 bits per heavy atom. The topological polar surface area (TPSA) is 199 Å². The number of piperidine rings is 1. The SMILES string of the molecule is Cc1nc2c(CCc3ccc(C(=N)N)cc3)c(OC(=O)NN3CCC(NC(=O)Nc4cccc(C(=O)O)c4)CC3)ccc2[nH]1. The van der Waals surface area contributed by atoms with Crippen LogP contribution in [0.2, 0.25) is 0 Å². The number of nitrogen functional groups attached to an aromatic ring is 1. The van der Waals surface area contributed by atoms with Crippen molar-refractivity contribution in [1.29, 1.82) is 5.41 Å². The number of hydrogen-bond donors (Lipinski definition) is 7. The number of aromatic carboxylic acids is 1. The number of carbonyl (C=O) groups is 3. The number of fused-ring (bicyclic) bond motifs is 1. The molecule has 1 aliphatic rings. The quantitative estimate of drug-likeness (QED) is 0.111. The number of urea groups is 1. The van der Waals surface area contributed by atoms with Crippen molar-refractivity contribution >= 4 is 40.7 Å². The highest BCUT2D eigenvalue weighted by atomic mass is 16.6. The molecule has 1 aliphatic heterocycles. The Morgan fingerprint density at radius 1 is 1.07 bits per heavy atom. The predicted octanol–water partition coefficient (Wildman–Crippen LogP) is 3.93. The van der Waals surface area contributed by atoms with Gasteiger partial charge in [-0.3, -0.25) is 10.8 Å². The van der Waals surface area contributed by atoms with Gasteiger partial charge in [-0.25, -0.2) is 24.4 Å². The fraction of sp³-hybridized carbons (Fsp3) is 0.258. The highest BCUT2D eigenvalue weighted by Gasteiger charge is 2.23. The third-order valence-corrected chi connectivity index (χ3v) is 7.41. The van der Waals surface area contributed by atoms with Gasteiger partial charge in [0.2, 0.25) is 0 Å². The monoisotopic (exact) mass is 598 g/mol. The number of carboxylic acid groups (broad SMARTS) is 1. The summed E-state index contributed by atoms with van der Waals surface area (Å²) in [5, 5.41) is 24.0. The van der Waals surface area contributed by atoms with Crippen LogP contribution in [-0.2, 0) is 12.8 Å². The zero-order valence-electron chi connectivity index (χ0n) is 24.1. The van der Waals surface area contributed by atoms with Gasteiger partial charge in [0.1, 0.15) is 17.4 Å². The van der Waals surface area contributed by atoms with Gasteiger partial charge in [-0.15, -0.1) is 0 Å². The average Bonchev–Trinajstić information content (AvgIpc) is 3.38. The summed E-state index contributed by atoms with van der Waals surface area (Å²) in [6.07, 6.45) is 1.81. The molecule has 13 nitrogen and oxygen atoms in total. The van der Waals surface area contributed by atoms with Crippen molar-refractivity contribution in [3.8, 4) is 5.75 Å². The molecule has 0 bridgehead atoms. The summed E-state index contributed by atoms with van der Waals surface area (Å²) >= 11 is 0. The first-order valence-electron chi connectivity index (χ1n) is 14.2. The maximum atomic E-state index is 12.9. The molecule has 1 fully saturated rings. The molecule has 1 saturated heterocycles. The van der Waals surface area contributed by atoms with E-state index in [9.17, 15) is 14.4 Å². The summed E-state index contributed by atoms with van der Waals surface area (Å²) in [5.74, 6) is 0.120. The Bertz CT molecular complexity index is 1690. The number of ether oxygens (including phenoxy) is 1. The van der Waals surface area contributed by atoms with Crippen molar-refractivity contribution in [3.63, 3.8) is 0 Å². The van der Waals surface area contributed by atoms with Crippen LogP contribution in [0.3, 0.4) is 0 Å². The maximum absolute atomic E-state index is 12.9. The first-order valence-corrected chi connectivity index (χ1v) is 14.2. The zero-order chi connectivity index (χ0) is 31.2. The fourth-order valence-corrected chi connectivity index (χ4v) is 5.16. The number of nitrogens with one attached hydrogen (secondary N) is 5. The Balaban J connectivity index is 1.15. The number of rotatable bonds is 9. The number of nitrogens with zero attached hydrogens (tertiary/aromatic N) is 2. The summed E-state index contributed by atoms with van der Waals surface area (Å²) in [7, 11) is 0. The summed E-state index contributed by atoms with van der Waals surface area (Å²) in [4.78, 5) is 44.4. The minimum Gasteiger partial charge on any atom is -0.478 e. The minimum absolute atomic E-state index is 0.0154. The van der Waals surface area contributed by atoms with Crippen LogP contribution in [0.25, 0.3) is 11.0 Å². The molecule has 13 heteroatoms. The minimum atomic E-state index is -1.07. The molecular formula is C31H34N8O5. The van der Waals surface area contributed by atoms with E-state index >= 15 is 0 Å². The molecular weight excluding hydrogens is 564 g/mol. The van der Waals surface area contributed by atoms with Gasteiger partial charge < -0.3 is 31.2 Å². The molecule has 44 heavy (non-hydrogen) atoms. The molecule has 2 heterocycles. The van der Waals surface area contributed by atoms with E-state index in [-0.39, 0.29) is 17.4 Å². The summed E-state index contributed by atoms with van der Waals surface area (Å²) < 4.78 is 5.78. The standard InChI is InChI=1S/C31H34N8O5/c1-18-34-25-11-12-26(24(27(25)35-18)10-7-19-5-8-20(9-6-19)28(32)33)44-31(43)38-39-15-13-22(14-16-39)36-30(42)37-23-4-2-3-21(17-23)29(40)41/h2-6,8-9,11-12,17,22H,7,10,13-16H2,1H3,(H3,32,33)(H,34,35)(H,38,43)(H,40,41)(H2,36,37,42). The number of hydrazine groups is 1. The molecule has 228 valence electrons. The number of benzene rings is 3. The maximum Gasteiger partial charge on any atom is 0.427 e. The second-order valence-electron chi connectivity index (χ2n) is 10.6. The molecule has 0 unspecified atom stereocenters. The molecule has 0 aliphatic carbocycles. The summed E-state index contributed by atoms with van der Waals surface area (Å²) in [6, 6.07) is 16.6. The van der Waals surface area contributed by atoms with Crippen LogP contribution in [0.15, 0.2) is 60.7 Å². The van der Waals surface area contributed by atoms with Gasteiger partial charge in [-0.05, 0) is 68.5 Å². The number of hydrogen-bond acceptors (Lipinski definition) is 7. The molecule has 4 aromatic rings. The van der Waals surface area contributed by atoms with Gasteiger partial charge >= 0.3 is 18.1 Å². The average molecular weight is 599 g/mol. The van der Waals surface area contributed by atoms with Crippen LogP contribution in [-0.4, -0.2) is 63.1 Å². The lowest BCUT2D eigenvalue weighted by Gasteiger charge is -2.32. The molecule has 0 saturated carbocycles. The van der Waals surface area contributed by atoms with Crippen molar-refractivity contribution < 1.29 is 24.2 Å². The van der Waals surface area contributed by atoms with Crippen molar-refractivity contribution in [2.24, 2.45) is 5.73 Å². The van der Waals surface area contributed by atoms with Gasteiger partial charge in [-0.1, -0.05) is 30.3 Å². The lowest BCUT2D eigenvalue weighted by Crippen LogP contribution is -2.52. The number of amides is 3. The first kappa shape index (κ1) is 30.0. The van der Waals surface area contributed by atoms with Crippen molar-refractivity contribution in [3.05, 3.63) is 88.7 Å². The highest BCUT2D eigenvalue weighted by Crippen LogP contribution is 2.29. The van der Waals surface area contributed by atoms with E-state index in [2.05, 4.69) is 26.0 Å². The van der Waals surface area contributed by atoms with Crippen LogP contribution < -0.4 is 26.5 Å². The third-order valence-electron chi connectivity index (χ3n) is 7.41. The Labute approximate surface area is 253 Å². The van der Waals surface area contributed by atoms with Gasteiger partial charge in [0, 0.05) is 35.9 Å². The molecule has 1 aromatic heterocycles. The molecule has 3 aromatic carbocycles. The number of aryl methyl sites for hydroxylation is 3. The Morgan fingerprint density at radius 2 is 1.82 bits per heavy atom. The van der Waals surface area contributed by atoms with E-state index in [1.807, 2.05) is 37.3 Å². The first-order chi connectivity index (χ1) is 21.1. The molecule has 0 radical (unpaired) electrons. The number of anilines is 1. The number of aromatic amines is 1. The van der Waals surface area contributed by atoms with E-state index in [0.29, 0.717) is 55.8 Å². The Hall–Kier alpha value is -5.43. The van der Waals surface area contributed by atoms with E-state index in [0.717, 1.165) is 28.0 Å². The number of aromatic nitrogens is 2. The zero-order valence-corrected chi connectivity index (χ0v) is 24.1. The summed E-state index contributed by atoms with van der Waals surface area (Å²) in [5.41, 5.74) is 12.9. The van der Waals surface area contributed by atoms with Crippen LogP contribution in [0.4, 0.5) is 15.3 Å². The normalized spacial score (nSPS) is 13.8. The number of carboxylic acids is 1. The number of amidine groups is 1. The predicted molar refractivity (Wildman–Crippen MR) is 165 cm³/mol. The third kappa shape index (κ3) is 7.50. The largest absolute Gasteiger partial charge is 0.478 e. The highest BCUT2D eigenvalue weighted by molar-refractivity contribution is 5.95. The van der Waals surface area contributed by atoms with Gasteiger partial charge in [-0.2, -0.15) is 0 Å². The molecule has 0 atom stereocenters. The van der Waals surface area contributed by atoms with Gasteiger partial charge in [0.15, 0.2) is 0 Å². The molecule has 3 amide bonds. The molecule has 5 rings (SSSR count). The van der Waals surface area contributed by atoms with E-state index in [1.165, 1.54) is 12.1 Å². The molecule has 0 spiro atoms. The number of carbonyl (C=O) groups excluding carboxylic acids is 2. The number of H-pyrrole nitrogens is 1. The van der Waals surface area contributed by atoms with Crippen LogP contribution >= 0.6 is 0 Å². The fourth-order valence-electron chi connectivity index (χ4n) is 5.16. The van der Waals surface area contributed by atoms with Crippen LogP contribution in [0.1, 0.15) is 45.7 Å². The van der Waals surface area contributed by atoms with Crippen molar-refractivity contribution in [2.45, 2.75) is 38.6 Å². The summed E-state index contributed by atoms with van der Waals surface area (Å²) in [6.45, 7) is 2.86. The van der Waals surface area contributed by atoms with Gasteiger partial charge in [0.05, 0.1) is 16.6 Å². The lowest BCUT2D eigenvalue weighted by molar-refractivity contribution is 0.0696. The van der Waals surface area contributed by atoms with E-state index < -0.39 is 18.1 Å². The Kier molecular flexibility index (Phi) is 9.05. The number of nitrogens with two attached hydrogens (primary N) is 1.